The molecule has 0 aromatic heterocycles. The number of alkyl halides is 3. The molecule has 90 valence electrons. The zero-order chi connectivity index (χ0) is 12.8. The maximum atomic E-state index is 12.4. The lowest BCUT2D eigenvalue weighted by molar-refractivity contribution is -0.0843. The molecule has 0 saturated heterocycles. The van der Waals surface area contributed by atoms with E-state index in [2.05, 4.69) is 9.83 Å². The van der Waals surface area contributed by atoms with E-state index in [0.29, 0.717) is 6.42 Å². The summed E-state index contributed by atoms with van der Waals surface area (Å²) in [7, 11) is 6.75. The maximum absolute atomic E-state index is 12.4. The van der Waals surface area contributed by atoms with E-state index in [0.717, 1.165) is 0 Å². The maximum Gasteiger partial charge on any atom is 0.470 e. The molecule has 1 atom stereocenters. The Morgan fingerprint density at radius 1 is 1.50 bits per heavy atom. The average Bonchev–Trinajstić information content (AvgIpc) is 2.12. The summed E-state index contributed by atoms with van der Waals surface area (Å²) in [6.07, 6.45) is -0.991. The minimum atomic E-state index is -4.68. The van der Waals surface area contributed by atoms with Crippen molar-refractivity contribution in [3.63, 3.8) is 0 Å². The Labute approximate surface area is 94.1 Å². The average molecular weight is 234 g/mol. The summed E-state index contributed by atoms with van der Waals surface area (Å²) in [5, 5.41) is 0. The second-order valence-corrected chi connectivity index (χ2v) is 3.26. The van der Waals surface area contributed by atoms with Crippen LogP contribution in [0.4, 0.5) is 13.2 Å². The van der Waals surface area contributed by atoms with Crippen LogP contribution in [-0.2, 0) is 4.84 Å². The Bertz CT molecular complexity index is 274. The van der Waals surface area contributed by atoms with Gasteiger partial charge in [-0.3, -0.25) is 0 Å². The van der Waals surface area contributed by atoms with Gasteiger partial charge < -0.3 is 4.84 Å². The second kappa shape index (κ2) is 5.93. The van der Waals surface area contributed by atoms with Crippen LogP contribution in [0.5, 0.6) is 0 Å². The zero-order valence-electron chi connectivity index (χ0n) is 9.43. The number of nitrogens with one attached hydrogen (secondary N) is 1. The minimum absolute atomic E-state index is 0.663. The van der Waals surface area contributed by atoms with Crippen molar-refractivity contribution < 1.29 is 18.0 Å². The summed E-state index contributed by atoms with van der Waals surface area (Å²) in [4.78, 5) is 7.49. The predicted molar refractivity (Wildman–Crippen MR) is 57.2 cm³/mol. The first-order valence-corrected chi connectivity index (χ1v) is 4.70. The molecule has 0 rings (SSSR count). The Morgan fingerprint density at radius 2 is 2.06 bits per heavy atom. The van der Waals surface area contributed by atoms with Gasteiger partial charge in [0.2, 0.25) is 0 Å². The quantitative estimate of drug-likeness (QED) is 0.265. The third-order valence-corrected chi connectivity index (χ3v) is 1.47. The van der Waals surface area contributed by atoms with Crippen LogP contribution < -0.4 is 5.48 Å². The molecule has 7 heteroatoms. The third-order valence-electron chi connectivity index (χ3n) is 1.47. The molecule has 0 amide bonds. The molecule has 0 aliphatic rings. The van der Waals surface area contributed by atoms with Crippen LogP contribution in [0, 0.1) is 0 Å². The number of hydroxylamine groups is 1. The van der Waals surface area contributed by atoms with Crippen LogP contribution in [0.15, 0.2) is 17.1 Å². The topological polar surface area (TPSA) is 33.6 Å². The van der Waals surface area contributed by atoms with Gasteiger partial charge in [-0.05, 0) is 13.3 Å². The molecule has 0 aliphatic heterocycles. The van der Waals surface area contributed by atoms with Gasteiger partial charge in [-0.25, -0.2) is 4.99 Å². The summed E-state index contributed by atoms with van der Waals surface area (Å²) in [5.41, 5.74) is 0.476. The summed E-state index contributed by atoms with van der Waals surface area (Å²) >= 11 is 0. The normalized spacial score (nSPS) is 17.5. The summed E-state index contributed by atoms with van der Waals surface area (Å²) < 4.78 is 37.2. The number of nitrogens with zero attached hydrogens (tertiary/aromatic N) is 1. The van der Waals surface area contributed by atoms with Gasteiger partial charge in [0.1, 0.15) is 7.85 Å². The first-order valence-electron chi connectivity index (χ1n) is 4.70. The molecule has 0 aromatic rings. The summed E-state index contributed by atoms with van der Waals surface area (Å²) in [6.45, 7) is 3.19. The number of hydrogen-bond donors (Lipinski definition) is 1. The first kappa shape index (κ1) is 15.0. The van der Waals surface area contributed by atoms with Gasteiger partial charge in [0.25, 0.3) is 0 Å². The molecule has 0 bridgehead atoms. The van der Waals surface area contributed by atoms with E-state index in [4.69, 9.17) is 7.85 Å². The molecule has 2 radical (unpaired) electrons. The van der Waals surface area contributed by atoms with E-state index in [-0.39, 0.29) is 0 Å². The zero-order valence-corrected chi connectivity index (χ0v) is 9.43. The highest BCUT2D eigenvalue weighted by Gasteiger charge is 2.40. The van der Waals surface area contributed by atoms with Crippen molar-refractivity contribution in [3.05, 3.63) is 12.2 Å². The van der Waals surface area contributed by atoms with E-state index >= 15 is 0 Å². The van der Waals surface area contributed by atoms with Crippen LogP contribution in [0.3, 0.4) is 0 Å². The molecule has 1 unspecified atom stereocenters. The summed E-state index contributed by atoms with van der Waals surface area (Å²) in [6, 6.07) is 0. The van der Waals surface area contributed by atoms with E-state index in [1.807, 2.05) is 12.4 Å². The van der Waals surface area contributed by atoms with Crippen molar-refractivity contribution >= 4 is 13.7 Å². The molecule has 0 heterocycles. The fourth-order valence-corrected chi connectivity index (χ4v) is 0.853. The van der Waals surface area contributed by atoms with Gasteiger partial charge >= 0.3 is 12.1 Å². The van der Waals surface area contributed by atoms with Crippen molar-refractivity contribution in [1.82, 2.24) is 5.48 Å². The number of rotatable bonds is 4. The molecular weight excluding hydrogens is 220 g/mol. The SMILES string of the molecule is [B]C(C)(/C=C\CC)N=C(ONC)C(F)(F)F. The Hall–Kier alpha value is -0.975. The van der Waals surface area contributed by atoms with Gasteiger partial charge in [0.05, 0.1) is 0 Å². The van der Waals surface area contributed by atoms with E-state index in [1.165, 1.54) is 20.0 Å². The number of halogens is 3. The number of allylic oxidation sites excluding steroid dienone is 1. The third kappa shape index (κ3) is 5.80. The Kier molecular flexibility index (Phi) is 5.57. The highest BCUT2D eigenvalue weighted by atomic mass is 19.4. The van der Waals surface area contributed by atoms with Crippen LogP contribution in [0.25, 0.3) is 0 Å². The molecule has 0 aromatic carbocycles. The lowest BCUT2D eigenvalue weighted by Gasteiger charge is -2.19. The smallest absolute Gasteiger partial charge is 0.384 e. The molecule has 1 N–H and O–H groups in total. The monoisotopic (exact) mass is 234 g/mol. The Balaban J connectivity index is 4.97. The minimum Gasteiger partial charge on any atom is -0.384 e. The van der Waals surface area contributed by atoms with Crippen molar-refractivity contribution in [2.75, 3.05) is 7.05 Å². The second-order valence-electron chi connectivity index (χ2n) is 3.26. The van der Waals surface area contributed by atoms with Crippen LogP contribution in [0.2, 0.25) is 0 Å². The number of aliphatic imine (C=N–C) groups is 1. The van der Waals surface area contributed by atoms with E-state index in [9.17, 15) is 13.2 Å². The molecule has 3 nitrogen and oxygen atoms in total. The van der Waals surface area contributed by atoms with Gasteiger partial charge in [0.15, 0.2) is 0 Å². The largest absolute Gasteiger partial charge is 0.470 e. The molecule has 0 saturated carbocycles. The molecule has 0 aliphatic carbocycles. The predicted octanol–water partition coefficient (Wildman–Crippen LogP) is 1.95. The van der Waals surface area contributed by atoms with Crippen molar-refractivity contribution in [3.8, 4) is 0 Å². The molecule has 0 spiro atoms. The fraction of sp³-hybridized carbons (Fsp3) is 0.667. The van der Waals surface area contributed by atoms with Crippen molar-refractivity contribution in [2.24, 2.45) is 4.99 Å². The molecular formula is C9H14BF3N2O. The van der Waals surface area contributed by atoms with Gasteiger partial charge in [-0.1, -0.05) is 19.1 Å². The highest BCUT2D eigenvalue weighted by Crippen LogP contribution is 2.20. The Morgan fingerprint density at radius 3 is 2.44 bits per heavy atom. The van der Waals surface area contributed by atoms with Crippen LogP contribution in [0.1, 0.15) is 20.3 Å². The van der Waals surface area contributed by atoms with Crippen molar-refractivity contribution in [1.29, 1.82) is 0 Å². The molecule has 0 fully saturated rings. The van der Waals surface area contributed by atoms with Gasteiger partial charge in [0, 0.05) is 12.5 Å². The summed E-state index contributed by atoms with van der Waals surface area (Å²) in [5.74, 6) is -1.40. The number of hydrogen-bond acceptors (Lipinski definition) is 3. The highest BCUT2D eigenvalue weighted by molar-refractivity contribution is 6.17. The van der Waals surface area contributed by atoms with E-state index in [1.54, 1.807) is 6.08 Å². The van der Waals surface area contributed by atoms with E-state index < -0.39 is 17.5 Å². The fourth-order valence-electron chi connectivity index (χ4n) is 0.853. The van der Waals surface area contributed by atoms with Gasteiger partial charge in [-0.15, -0.1) is 0 Å². The lowest BCUT2D eigenvalue weighted by Crippen LogP contribution is -2.34. The van der Waals surface area contributed by atoms with Crippen molar-refractivity contribution in [2.45, 2.75) is 31.9 Å². The molecule has 16 heavy (non-hydrogen) atoms. The first-order chi connectivity index (χ1) is 7.23. The van der Waals surface area contributed by atoms with Gasteiger partial charge in [-0.2, -0.15) is 18.7 Å². The van der Waals surface area contributed by atoms with Crippen LogP contribution in [-0.4, -0.2) is 32.4 Å². The lowest BCUT2D eigenvalue weighted by atomic mass is 9.80. The standard InChI is InChI=1S/C9H14BF3N2O/c1-4-5-6-8(2,10)15-7(16-14-3)9(11,12)13/h5-6,14H,4H2,1-3H3/b6-5-,15-7?. The van der Waals surface area contributed by atoms with Crippen LogP contribution >= 0.6 is 0 Å².